The fraction of sp³-hybridized carbons (Fsp3) is 0.727. The number of aliphatic imine (C=N–C) groups is 1. The molecule has 1 fully saturated rings. The molecule has 1 saturated carbocycles. The Labute approximate surface area is 94.5 Å². The van der Waals surface area contributed by atoms with E-state index in [1.54, 1.807) is 13.8 Å². The smallest absolute Gasteiger partial charge is 0.263 e. The molecule has 16 heavy (non-hydrogen) atoms. The van der Waals surface area contributed by atoms with Crippen molar-refractivity contribution in [2.24, 2.45) is 16.1 Å². The molecule has 1 aliphatic carbocycles. The van der Waals surface area contributed by atoms with Gasteiger partial charge >= 0.3 is 0 Å². The quantitative estimate of drug-likeness (QED) is 0.628. The summed E-state index contributed by atoms with van der Waals surface area (Å²) in [6.45, 7) is 3.43. The van der Waals surface area contributed by atoms with Crippen LogP contribution in [-0.4, -0.2) is 23.2 Å². The summed E-state index contributed by atoms with van der Waals surface area (Å²) in [7, 11) is 0. The van der Waals surface area contributed by atoms with Crippen LogP contribution in [0, 0.1) is 5.41 Å². The minimum atomic E-state index is -0.894. The van der Waals surface area contributed by atoms with Crippen LogP contribution in [0.5, 0.6) is 0 Å². The highest BCUT2D eigenvalue weighted by Crippen LogP contribution is 2.41. The van der Waals surface area contributed by atoms with E-state index in [9.17, 15) is 9.59 Å². The second-order valence-electron chi connectivity index (χ2n) is 5.23. The van der Waals surface area contributed by atoms with Crippen LogP contribution in [0.1, 0.15) is 39.5 Å². The molecule has 5 nitrogen and oxygen atoms in total. The van der Waals surface area contributed by atoms with Crippen molar-refractivity contribution in [3.05, 3.63) is 0 Å². The van der Waals surface area contributed by atoms with Crippen LogP contribution in [-0.2, 0) is 9.59 Å². The molecule has 1 heterocycles. The molecular formula is C11H17N3O2. The van der Waals surface area contributed by atoms with Gasteiger partial charge in [0, 0.05) is 0 Å². The average Bonchev–Trinajstić information content (AvgIpc) is 2.62. The molecule has 3 N–H and O–H groups in total. The third-order valence-corrected chi connectivity index (χ3v) is 3.36. The predicted molar refractivity (Wildman–Crippen MR) is 59.8 cm³/mol. The van der Waals surface area contributed by atoms with Crippen molar-refractivity contribution in [2.45, 2.75) is 45.1 Å². The first kappa shape index (κ1) is 11.3. The number of carbonyl (C=O) groups excluding carboxylic acids is 2. The maximum absolute atomic E-state index is 12.0. The summed E-state index contributed by atoms with van der Waals surface area (Å²) in [6.07, 6.45) is 3.05. The van der Waals surface area contributed by atoms with Crippen LogP contribution in [0.4, 0.5) is 0 Å². The number of carbonyl (C=O) groups is 2. The highest BCUT2D eigenvalue weighted by Gasteiger charge is 2.51. The third-order valence-electron chi connectivity index (χ3n) is 3.36. The first-order valence-electron chi connectivity index (χ1n) is 5.60. The van der Waals surface area contributed by atoms with Crippen molar-refractivity contribution in [3.8, 4) is 0 Å². The van der Waals surface area contributed by atoms with Gasteiger partial charge in [0.2, 0.25) is 5.91 Å². The molecule has 1 aliphatic heterocycles. The highest BCUT2D eigenvalue weighted by molar-refractivity contribution is 6.20. The highest BCUT2D eigenvalue weighted by atomic mass is 16.2. The van der Waals surface area contributed by atoms with Gasteiger partial charge in [-0.3, -0.25) is 9.59 Å². The molecule has 1 spiro atoms. The topological polar surface area (TPSA) is 84.5 Å². The normalized spacial score (nSPS) is 24.6. The lowest BCUT2D eigenvalue weighted by Gasteiger charge is -2.32. The molecule has 5 heteroatoms. The maximum atomic E-state index is 12.0. The summed E-state index contributed by atoms with van der Waals surface area (Å²) in [4.78, 5) is 28.0. The monoisotopic (exact) mass is 223 g/mol. The van der Waals surface area contributed by atoms with Gasteiger partial charge in [-0.15, -0.1) is 0 Å². The van der Waals surface area contributed by atoms with Gasteiger partial charge in [0.1, 0.15) is 11.3 Å². The fourth-order valence-corrected chi connectivity index (χ4v) is 2.29. The first-order chi connectivity index (χ1) is 7.36. The minimum absolute atomic E-state index is 0.224. The lowest BCUT2D eigenvalue weighted by Crippen LogP contribution is -2.59. The maximum Gasteiger partial charge on any atom is 0.263 e. The van der Waals surface area contributed by atoms with E-state index >= 15 is 0 Å². The SMILES string of the molecule is CC(C)(N)C1=NC(=O)C2(CCCC2)C(=O)N1. The van der Waals surface area contributed by atoms with Crippen molar-refractivity contribution >= 4 is 17.6 Å². The molecule has 2 rings (SSSR count). The predicted octanol–water partition coefficient (Wildman–Crippen LogP) is 0.339. The van der Waals surface area contributed by atoms with E-state index in [4.69, 9.17) is 5.73 Å². The lowest BCUT2D eigenvalue weighted by molar-refractivity contribution is -0.141. The molecular weight excluding hydrogens is 206 g/mol. The molecule has 0 aromatic heterocycles. The fourth-order valence-electron chi connectivity index (χ4n) is 2.29. The Morgan fingerprint density at radius 2 is 1.88 bits per heavy atom. The van der Waals surface area contributed by atoms with Crippen LogP contribution < -0.4 is 11.1 Å². The molecule has 0 aromatic carbocycles. The standard InChI is InChI=1S/C11H17N3O2/c1-10(2,12)7-13-8(15)11(9(16)14-7)5-3-4-6-11/h3-6,12H2,1-2H3,(H,13,14,15,16). The summed E-state index contributed by atoms with van der Waals surface area (Å²) in [5, 5.41) is 2.68. The summed E-state index contributed by atoms with van der Waals surface area (Å²) in [5.41, 5.74) is 4.14. The zero-order chi connectivity index (χ0) is 12.0. The Morgan fingerprint density at radius 1 is 1.31 bits per heavy atom. The average molecular weight is 223 g/mol. The van der Waals surface area contributed by atoms with Crippen molar-refractivity contribution < 1.29 is 9.59 Å². The van der Waals surface area contributed by atoms with E-state index in [1.807, 2.05) is 0 Å². The van der Waals surface area contributed by atoms with Gasteiger partial charge < -0.3 is 11.1 Å². The minimum Gasteiger partial charge on any atom is -0.319 e. The molecule has 0 radical (unpaired) electrons. The Hall–Kier alpha value is -1.23. The van der Waals surface area contributed by atoms with Crippen LogP contribution >= 0.6 is 0 Å². The Balaban J connectivity index is 2.35. The number of nitrogens with one attached hydrogen (secondary N) is 1. The number of hydrogen-bond donors (Lipinski definition) is 2. The molecule has 0 atom stereocenters. The third kappa shape index (κ3) is 1.55. The summed E-state index contributed by atoms with van der Waals surface area (Å²) >= 11 is 0. The first-order valence-corrected chi connectivity index (χ1v) is 5.60. The molecule has 2 aliphatic rings. The van der Waals surface area contributed by atoms with Gasteiger partial charge in [0.25, 0.3) is 5.91 Å². The number of nitrogens with zero attached hydrogens (tertiary/aromatic N) is 1. The summed E-state index contributed by atoms with van der Waals surface area (Å²) in [6, 6.07) is 0. The largest absolute Gasteiger partial charge is 0.319 e. The molecule has 0 unspecified atom stereocenters. The zero-order valence-corrected chi connectivity index (χ0v) is 9.67. The van der Waals surface area contributed by atoms with Gasteiger partial charge in [0.15, 0.2) is 0 Å². The van der Waals surface area contributed by atoms with Gasteiger partial charge in [0.05, 0.1) is 5.54 Å². The van der Waals surface area contributed by atoms with E-state index in [0.717, 1.165) is 12.8 Å². The van der Waals surface area contributed by atoms with Gasteiger partial charge in [-0.2, -0.15) is 4.99 Å². The molecule has 2 amide bonds. The summed E-state index contributed by atoms with van der Waals surface area (Å²) in [5.74, 6) is -0.263. The van der Waals surface area contributed by atoms with Crippen LogP contribution in [0.15, 0.2) is 4.99 Å². The second-order valence-corrected chi connectivity index (χ2v) is 5.23. The van der Waals surface area contributed by atoms with E-state index < -0.39 is 11.0 Å². The number of amides is 2. The Kier molecular flexibility index (Phi) is 2.38. The number of nitrogens with two attached hydrogens (primary N) is 1. The van der Waals surface area contributed by atoms with E-state index in [-0.39, 0.29) is 17.6 Å². The molecule has 0 bridgehead atoms. The van der Waals surface area contributed by atoms with Crippen LogP contribution in [0.2, 0.25) is 0 Å². The van der Waals surface area contributed by atoms with E-state index in [0.29, 0.717) is 12.8 Å². The van der Waals surface area contributed by atoms with Crippen LogP contribution in [0.25, 0.3) is 0 Å². The van der Waals surface area contributed by atoms with Crippen molar-refractivity contribution in [1.29, 1.82) is 0 Å². The zero-order valence-electron chi connectivity index (χ0n) is 9.67. The van der Waals surface area contributed by atoms with Crippen molar-refractivity contribution in [1.82, 2.24) is 5.32 Å². The van der Waals surface area contributed by atoms with E-state index in [2.05, 4.69) is 10.3 Å². The number of hydrogen-bond acceptors (Lipinski definition) is 3. The van der Waals surface area contributed by atoms with E-state index in [1.165, 1.54) is 0 Å². The van der Waals surface area contributed by atoms with Gasteiger partial charge in [-0.1, -0.05) is 12.8 Å². The Bertz CT molecular complexity index is 373. The Morgan fingerprint density at radius 3 is 2.31 bits per heavy atom. The second kappa shape index (κ2) is 3.38. The molecule has 0 saturated heterocycles. The summed E-state index contributed by atoms with van der Waals surface area (Å²) < 4.78 is 0. The molecule has 0 aromatic rings. The molecule has 88 valence electrons. The van der Waals surface area contributed by atoms with Crippen molar-refractivity contribution in [2.75, 3.05) is 0 Å². The lowest BCUT2D eigenvalue weighted by atomic mass is 9.82. The van der Waals surface area contributed by atoms with Crippen molar-refractivity contribution in [3.63, 3.8) is 0 Å². The number of rotatable bonds is 1. The van der Waals surface area contributed by atoms with Crippen LogP contribution in [0.3, 0.4) is 0 Å². The van der Waals surface area contributed by atoms with Gasteiger partial charge in [-0.05, 0) is 26.7 Å². The number of amidine groups is 1. The van der Waals surface area contributed by atoms with Gasteiger partial charge in [-0.25, -0.2) is 0 Å².